The van der Waals surface area contributed by atoms with Crippen LogP contribution in [-0.2, 0) is 0 Å². The van der Waals surface area contributed by atoms with Gasteiger partial charge in [0.05, 0.1) is 6.10 Å². The van der Waals surface area contributed by atoms with Crippen LogP contribution in [0.4, 0.5) is 0 Å². The standard InChI is InChI=1S/C14H15NOS/c1-11-4-2-6-13(8-11)17-10-14(16)12-5-3-7-15-9-12/h2-9,14,16H,10H2,1H3. The maximum absolute atomic E-state index is 9.99. The molecule has 88 valence electrons. The molecule has 1 atom stereocenters. The highest BCUT2D eigenvalue weighted by Crippen LogP contribution is 2.24. The Kier molecular flexibility index (Phi) is 4.18. The summed E-state index contributed by atoms with van der Waals surface area (Å²) in [6.07, 6.45) is 2.96. The highest BCUT2D eigenvalue weighted by molar-refractivity contribution is 7.99. The largest absolute Gasteiger partial charge is 0.387 e. The second-order valence-corrected chi connectivity index (χ2v) is 5.02. The van der Waals surface area contributed by atoms with Crippen LogP contribution in [0, 0.1) is 6.92 Å². The van der Waals surface area contributed by atoms with Gasteiger partial charge in [0.1, 0.15) is 0 Å². The van der Waals surface area contributed by atoms with Gasteiger partial charge in [-0.15, -0.1) is 11.8 Å². The highest BCUT2D eigenvalue weighted by Gasteiger charge is 2.07. The Hall–Kier alpha value is -1.32. The van der Waals surface area contributed by atoms with Gasteiger partial charge in [0, 0.05) is 23.0 Å². The van der Waals surface area contributed by atoms with Crippen molar-refractivity contribution in [1.82, 2.24) is 4.98 Å². The molecule has 3 heteroatoms. The predicted octanol–water partition coefficient (Wildman–Crippen LogP) is 3.22. The molecule has 0 amide bonds. The summed E-state index contributed by atoms with van der Waals surface area (Å²) in [6.45, 7) is 2.07. The Morgan fingerprint density at radius 2 is 2.18 bits per heavy atom. The van der Waals surface area contributed by atoms with E-state index in [0.717, 1.165) is 5.56 Å². The molecular weight excluding hydrogens is 230 g/mol. The minimum absolute atomic E-state index is 0.464. The molecule has 17 heavy (non-hydrogen) atoms. The molecule has 1 aromatic heterocycles. The van der Waals surface area contributed by atoms with Crippen LogP contribution < -0.4 is 0 Å². The monoisotopic (exact) mass is 245 g/mol. The Balaban J connectivity index is 1.95. The number of hydrogen-bond acceptors (Lipinski definition) is 3. The first-order chi connectivity index (χ1) is 8.25. The Bertz CT molecular complexity index is 473. The zero-order chi connectivity index (χ0) is 12.1. The fourth-order valence-electron chi connectivity index (χ4n) is 1.55. The van der Waals surface area contributed by atoms with Crippen LogP contribution in [0.3, 0.4) is 0 Å². The van der Waals surface area contributed by atoms with Crippen LogP contribution >= 0.6 is 11.8 Å². The van der Waals surface area contributed by atoms with Gasteiger partial charge >= 0.3 is 0 Å². The van der Waals surface area contributed by atoms with Gasteiger partial charge in [0.2, 0.25) is 0 Å². The molecule has 1 unspecified atom stereocenters. The molecule has 0 aliphatic rings. The molecule has 0 aliphatic heterocycles. The number of rotatable bonds is 4. The molecule has 0 fully saturated rings. The van der Waals surface area contributed by atoms with E-state index in [9.17, 15) is 5.11 Å². The quantitative estimate of drug-likeness (QED) is 0.840. The summed E-state index contributed by atoms with van der Waals surface area (Å²) in [5.74, 6) is 0.648. The maximum Gasteiger partial charge on any atom is 0.0898 e. The number of aryl methyl sites for hydroxylation is 1. The van der Waals surface area contributed by atoms with Gasteiger partial charge in [-0.1, -0.05) is 23.8 Å². The van der Waals surface area contributed by atoms with Crippen molar-refractivity contribution in [3.8, 4) is 0 Å². The van der Waals surface area contributed by atoms with E-state index in [0.29, 0.717) is 5.75 Å². The lowest BCUT2D eigenvalue weighted by molar-refractivity contribution is 0.203. The van der Waals surface area contributed by atoms with Crippen molar-refractivity contribution in [3.63, 3.8) is 0 Å². The second kappa shape index (κ2) is 5.84. The number of hydrogen-bond donors (Lipinski definition) is 1. The van der Waals surface area contributed by atoms with E-state index in [4.69, 9.17) is 0 Å². The molecule has 0 aliphatic carbocycles. The van der Waals surface area contributed by atoms with E-state index < -0.39 is 6.10 Å². The van der Waals surface area contributed by atoms with Crippen LogP contribution in [0.25, 0.3) is 0 Å². The van der Waals surface area contributed by atoms with Crippen molar-refractivity contribution in [2.45, 2.75) is 17.9 Å². The first-order valence-electron chi connectivity index (χ1n) is 5.53. The van der Waals surface area contributed by atoms with Gasteiger partial charge in [-0.05, 0) is 30.7 Å². The van der Waals surface area contributed by atoms with Crippen molar-refractivity contribution >= 4 is 11.8 Å². The molecule has 2 nitrogen and oxygen atoms in total. The summed E-state index contributed by atoms with van der Waals surface area (Å²) < 4.78 is 0. The molecule has 2 rings (SSSR count). The van der Waals surface area contributed by atoms with Crippen LogP contribution in [0.5, 0.6) is 0 Å². The summed E-state index contributed by atoms with van der Waals surface area (Å²) in [4.78, 5) is 5.19. The first-order valence-corrected chi connectivity index (χ1v) is 6.52. The second-order valence-electron chi connectivity index (χ2n) is 3.93. The molecule has 1 heterocycles. The van der Waals surface area contributed by atoms with E-state index in [1.54, 1.807) is 24.2 Å². The van der Waals surface area contributed by atoms with Crippen molar-refractivity contribution in [2.24, 2.45) is 0 Å². The third-order valence-electron chi connectivity index (χ3n) is 2.47. The number of pyridine rings is 1. The van der Waals surface area contributed by atoms with E-state index in [1.165, 1.54) is 10.5 Å². The summed E-state index contributed by atoms with van der Waals surface area (Å²) in [7, 11) is 0. The van der Waals surface area contributed by atoms with Crippen molar-refractivity contribution in [1.29, 1.82) is 0 Å². The number of aliphatic hydroxyl groups excluding tert-OH is 1. The molecule has 2 aromatic rings. The topological polar surface area (TPSA) is 33.1 Å². The molecule has 1 N–H and O–H groups in total. The molecule has 0 saturated heterocycles. The third kappa shape index (κ3) is 3.58. The number of thioether (sulfide) groups is 1. The van der Waals surface area contributed by atoms with Gasteiger partial charge in [-0.2, -0.15) is 0 Å². The molecule has 0 radical (unpaired) electrons. The maximum atomic E-state index is 9.99. The van der Waals surface area contributed by atoms with Crippen molar-refractivity contribution in [3.05, 3.63) is 59.9 Å². The minimum atomic E-state index is -0.464. The number of benzene rings is 1. The lowest BCUT2D eigenvalue weighted by Crippen LogP contribution is -2.00. The van der Waals surface area contributed by atoms with Crippen molar-refractivity contribution < 1.29 is 5.11 Å². The smallest absolute Gasteiger partial charge is 0.0898 e. The van der Waals surface area contributed by atoms with Crippen molar-refractivity contribution in [2.75, 3.05) is 5.75 Å². The predicted molar refractivity (Wildman–Crippen MR) is 71.1 cm³/mol. The number of nitrogens with zero attached hydrogens (tertiary/aromatic N) is 1. The van der Waals surface area contributed by atoms with E-state index in [-0.39, 0.29) is 0 Å². The molecule has 0 saturated carbocycles. The summed E-state index contributed by atoms with van der Waals surface area (Å²) in [5, 5.41) is 9.99. The van der Waals surface area contributed by atoms with Crippen LogP contribution in [0.2, 0.25) is 0 Å². The minimum Gasteiger partial charge on any atom is -0.387 e. The van der Waals surface area contributed by atoms with Gasteiger partial charge in [0.15, 0.2) is 0 Å². The van der Waals surface area contributed by atoms with Gasteiger partial charge in [-0.25, -0.2) is 0 Å². The fraction of sp³-hybridized carbons (Fsp3) is 0.214. The zero-order valence-corrected chi connectivity index (χ0v) is 10.5. The fourth-order valence-corrected chi connectivity index (χ4v) is 2.54. The zero-order valence-electron chi connectivity index (χ0n) is 9.71. The van der Waals surface area contributed by atoms with Gasteiger partial charge < -0.3 is 5.11 Å². The average Bonchev–Trinajstić information content (AvgIpc) is 2.37. The number of aromatic nitrogens is 1. The highest BCUT2D eigenvalue weighted by atomic mass is 32.2. The Labute approximate surface area is 106 Å². The van der Waals surface area contributed by atoms with E-state index >= 15 is 0 Å². The summed E-state index contributed by atoms with van der Waals surface area (Å²) in [5.41, 5.74) is 2.11. The lowest BCUT2D eigenvalue weighted by Gasteiger charge is -2.10. The number of aliphatic hydroxyl groups is 1. The van der Waals surface area contributed by atoms with Gasteiger partial charge in [-0.3, -0.25) is 4.98 Å². The third-order valence-corrected chi connectivity index (χ3v) is 3.54. The summed E-state index contributed by atoms with van der Waals surface area (Å²) >= 11 is 1.66. The Morgan fingerprint density at radius 1 is 1.29 bits per heavy atom. The normalized spacial score (nSPS) is 12.4. The molecule has 1 aromatic carbocycles. The average molecular weight is 245 g/mol. The van der Waals surface area contributed by atoms with Crippen LogP contribution in [-0.4, -0.2) is 15.8 Å². The Morgan fingerprint density at radius 3 is 2.88 bits per heavy atom. The molecule has 0 bridgehead atoms. The van der Waals surface area contributed by atoms with Crippen LogP contribution in [0.1, 0.15) is 17.2 Å². The SMILES string of the molecule is Cc1cccc(SCC(O)c2cccnc2)c1. The van der Waals surface area contributed by atoms with E-state index in [1.807, 2.05) is 18.2 Å². The molecule has 0 spiro atoms. The van der Waals surface area contributed by atoms with Gasteiger partial charge in [0.25, 0.3) is 0 Å². The van der Waals surface area contributed by atoms with Crippen LogP contribution in [0.15, 0.2) is 53.7 Å². The molecular formula is C14H15NOS. The first kappa shape index (κ1) is 12.1. The van der Waals surface area contributed by atoms with E-state index in [2.05, 4.69) is 30.1 Å². The lowest BCUT2D eigenvalue weighted by atomic mass is 10.2. The summed E-state index contributed by atoms with van der Waals surface area (Å²) in [6, 6.07) is 12.0.